The average molecular weight is 472 g/mol. The highest BCUT2D eigenvalue weighted by Crippen LogP contribution is 2.42. The maximum Gasteiger partial charge on any atom is 0.586 e. The number of amides is 1. The van der Waals surface area contributed by atoms with Gasteiger partial charge in [-0.2, -0.15) is 0 Å². The van der Waals surface area contributed by atoms with Gasteiger partial charge in [0.2, 0.25) is 0 Å². The van der Waals surface area contributed by atoms with Gasteiger partial charge in [-0.25, -0.2) is 8.42 Å². The molecule has 0 aliphatic carbocycles. The van der Waals surface area contributed by atoms with Crippen molar-refractivity contribution in [2.45, 2.75) is 38.1 Å². The van der Waals surface area contributed by atoms with E-state index in [-0.39, 0.29) is 46.0 Å². The van der Waals surface area contributed by atoms with Crippen LogP contribution in [0.15, 0.2) is 41.3 Å². The van der Waals surface area contributed by atoms with Crippen molar-refractivity contribution in [2.75, 3.05) is 16.6 Å². The van der Waals surface area contributed by atoms with E-state index in [0.29, 0.717) is 0 Å². The molecular weight excluding hydrogens is 450 g/mol. The Morgan fingerprint density at radius 2 is 1.78 bits per heavy atom. The van der Waals surface area contributed by atoms with Crippen LogP contribution < -0.4 is 24.2 Å². The number of fused-ring (bicyclic) bond motifs is 1. The SMILES string of the molecule is CCOc1cc(NC(=O)[C@@H](O)C(C)C)ccc1S(=O)(=O)Nc1ccc2c(c1)OC(F)(F)O2. The molecule has 0 spiro atoms. The molecule has 12 heteroatoms. The van der Waals surface area contributed by atoms with E-state index in [9.17, 15) is 27.1 Å². The number of halogens is 2. The molecule has 0 aromatic heterocycles. The Balaban J connectivity index is 1.85. The molecule has 0 saturated heterocycles. The molecule has 174 valence electrons. The van der Waals surface area contributed by atoms with Crippen molar-refractivity contribution < 1.29 is 41.3 Å². The zero-order valence-electron chi connectivity index (χ0n) is 17.4. The van der Waals surface area contributed by atoms with E-state index in [0.717, 1.165) is 12.1 Å². The fourth-order valence-electron chi connectivity index (χ4n) is 2.82. The third-order valence-electron chi connectivity index (χ3n) is 4.35. The van der Waals surface area contributed by atoms with Crippen molar-refractivity contribution in [3.8, 4) is 17.2 Å². The van der Waals surface area contributed by atoms with Gasteiger partial charge in [0.15, 0.2) is 11.5 Å². The topological polar surface area (TPSA) is 123 Å². The van der Waals surface area contributed by atoms with Gasteiger partial charge in [-0.1, -0.05) is 13.8 Å². The Morgan fingerprint density at radius 1 is 1.12 bits per heavy atom. The quantitative estimate of drug-likeness (QED) is 0.539. The zero-order valence-corrected chi connectivity index (χ0v) is 18.2. The van der Waals surface area contributed by atoms with E-state index in [1.165, 1.54) is 24.3 Å². The minimum absolute atomic E-state index is 0.0371. The van der Waals surface area contributed by atoms with Crippen molar-refractivity contribution in [3.63, 3.8) is 0 Å². The van der Waals surface area contributed by atoms with Crippen LogP contribution in [0.2, 0.25) is 0 Å². The van der Waals surface area contributed by atoms with E-state index in [1.807, 2.05) is 0 Å². The third-order valence-corrected chi connectivity index (χ3v) is 5.77. The van der Waals surface area contributed by atoms with Gasteiger partial charge in [-0.05, 0) is 37.1 Å². The van der Waals surface area contributed by atoms with Crippen molar-refractivity contribution in [2.24, 2.45) is 5.92 Å². The minimum atomic E-state index is -4.21. The first-order valence-electron chi connectivity index (χ1n) is 9.60. The van der Waals surface area contributed by atoms with Crippen LogP contribution in [-0.2, 0) is 14.8 Å². The van der Waals surface area contributed by atoms with Crippen molar-refractivity contribution in [3.05, 3.63) is 36.4 Å². The minimum Gasteiger partial charge on any atom is -0.492 e. The lowest BCUT2D eigenvalue weighted by Crippen LogP contribution is -2.31. The average Bonchev–Trinajstić information content (AvgIpc) is 3.00. The van der Waals surface area contributed by atoms with Gasteiger partial charge < -0.3 is 24.6 Å². The Labute approximate surface area is 183 Å². The summed E-state index contributed by atoms with van der Waals surface area (Å²) >= 11 is 0. The van der Waals surface area contributed by atoms with Gasteiger partial charge in [0, 0.05) is 17.8 Å². The van der Waals surface area contributed by atoms with Gasteiger partial charge >= 0.3 is 6.29 Å². The molecule has 2 aromatic rings. The van der Waals surface area contributed by atoms with Gasteiger partial charge in [0.05, 0.1) is 12.3 Å². The molecule has 1 heterocycles. The molecule has 1 atom stereocenters. The number of hydrogen-bond donors (Lipinski definition) is 3. The summed E-state index contributed by atoms with van der Waals surface area (Å²) < 4.78 is 68.5. The van der Waals surface area contributed by atoms with E-state index in [2.05, 4.69) is 19.5 Å². The number of rotatable bonds is 8. The maximum atomic E-state index is 13.2. The largest absolute Gasteiger partial charge is 0.586 e. The predicted molar refractivity (Wildman–Crippen MR) is 111 cm³/mol. The summed E-state index contributed by atoms with van der Waals surface area (Å²) in [4.78, 5) is 11.8. The number of sulfonamides is 1. The molecule has 1 aliphatic rings. The highest BCUT2D eigenvalue weighted by Gasteiger charge is 2.43. The molecule has 0 unspecified atom stereocenters. The fourth-order valence-corrected chi connectivity index (χ4v) is 3.99. The zero-order chi connectivity index (χ0) is 23.7. The van der Waals surface area contributed by atoms with E-state index >= 15 is 0 Å². The molecule has 3 rings (SSSR count). The second kappa shape index (κ2) is 8.79. The lowest BCUT2D eigenvalue weighted by atomic mass is 10.1. The van der Waals surface area contributed by atoms with Crippen LogP contribution in [0.5, 0.6) is 17.2 Å². The molecule has 3 N–H and O–H groups in total. The first-order chi connectivity index (χ1) is 14.9. The van der Waals surface area contributed by atoms with Gasteiger partial charge in [0.1, 0.15) is 16.7 Å². The number of carbonyl (C=O) groups excluding carboxylic acids is 1. The number of anilines is 2. The summed E-state index contributed by atoms with van der Waals surface area (Å²) in [7, 11) is -4.21. The van der Waals surface area contributed by atoms with Crippen LogP contribution in [0, 0.1) is 5.92 Å². The Hall–Kier alpha value is -3.12. The van der Waals surface area contributed by atoms with Crippen molar-refractivity contribution >= 4 is 27.3 Å². The molecule has 2 aromatic carbocycles. The Kier molecular flexibility index (Phi) is 6.46. The monoisotopic (exact) mass is 472 g/mol. The second-order valence-electron chi connectivity index (χ2n) is 7.21. The van der Waals surface area contributed by atoms with Crippen LogP contribution in [0.4, 0.5) is 20.2 Å². The van der Waals surface area contributed by atoms with Gasteiger partial charge in [0.25, 0.3) is 15.9 Å². The molecule has 0 bridgehead atoms. The number of carbonyl (C=O) groups is 1. The van der Waals surface area contributed by atoms with Gasteiger partial charge in [-0.15, -0.1) is 8.78 Å². The van der Waals surface area contributed by atoms with Crippen molar-refractivity contribution in [1.29, 1.82) is 0 Å². The molecule has 32 heavy (non-hydrogen) atoms. The third kappa shape index (κ3) is 5.19. The van der Waals surface area contributed by atoms with Crippen LogP contribution in [-0.4, -0.2) is 38.4 Å². The van der Waals surface area contributed by atoms with Crippen LogP contribution >= 0.6 is 0 Å². The summed E-state index contributed by atoms with van der Waals surface area (Å²) in [6, 6.07) is 7.31. The standard InChI is InChI=1S/C20H22F2N2O7S/c1-4-29-16-9-12(23-19(26)18(25)11(2)3)6-8-17(16)32(27,28)24-13-5-7-14-15(10-13)31-20(21,22)30-14/h5-11,18,24-25H,4H2,1-3H3,(H,23,26)/t18-/m0/s1. The predicted octanol–water partition coefficient (Wildman–Crippen LogP) is 3.16. The summed E-state index contributed by atoms with van der Waals surface area (Å²) in [6.07, 6.45) is -5.07. The highest BCUT2D eigenvalue weighted by atomic mass is 32.2. The van der Waals surface area contributed by atoms with E-state index in [1.54, 1.807) is 20.8 Å². The first-order valence-corrected chi connectivity index (χ1v) is 11.1. The van der Waals surface area contributed by atoms with E-state index in [4.69, 9.17) is 4.74 Å². The first kappa shape index (κ1) is 23.5. The normalized spacial score (nSPS) is 15.3. The fraction of sp³-hybridized carbons (Fsp3) is 0.350. The summed E-state index contributed by atoms with van der Waals surface area (Å²) in [5, 5.41) is 12.4. The smallest absolute Gasteiger partial charge is 0.492 e. The number of aliphatic hydroxyl groups is 1. The molecule has 1 aliphatic heterocycles. The van der Waals surface area contributed by atoms with Crippen LogP contribution in [0.3, 0.4) is 0 Å². The Bertz CT molecular complexity index is 1120. The summed E-state index contributed by atoms with van der Waals surface area (Å²) in [5.74, 6) is -1.55. The lowest BCUT2D eigenvalue weighted by molar-refractivity contribution is -0.286. The number of ether oxygens (including phenoxy) is 3. The maximum absolute atomic E-state index is 13.2. The van der Waals surface area contributed by atoms with E-state index < -0.39 is 28.3 Å². The van der Waals surface area contributed by atoms with Crippen molar-refractivity contribution in [1.82, 2.24) is 0 Å². The van der Waals surface area contributed by atoms with Gasteiger partial charge in [-0.3, -0.25) is 9.52 Å². The summed E-state index contributed by atoms with van der Waals surface area (Å²) in [5.41, 5.74) is 0.187. The Morgan fingerprint density at radius 3 is 2.44 bits per heavy atom. The van der Waals surface area contributed by atoms with Crippen LogP contribution in [0.25, 0.3) is 0 Å². The lowest BCUT2D eigenvalue weighted by Gasteiger charge is -2.17. The molecule has 0 radical (unpaired) electrons. The number of hydrogen-bond acceptors (Lipinski definition) is 7. The highest BCUT2D eigenvalue weighted by molar-refractivity contribution is 7.92. The molecular formula is C20H22F2N2O7S. The number of alkyl halides is 2. The van der Waals surface area contributed by atoms with Crippen LogP contribution in [0.1, 0.15) is 20.8 Å². The molecule has 1 amide bonds. The molecule has 9 nitrogen and oxygen atoms in total. The summed E-state index contributed by atoms with van der Waals surface area (Å²) in [6.45, 7) is 5.13. The molecule has 0 fully saturated rings. The molecule has 0 saturated carbocycles. The number of benzene rings is 2. The number of nitrogens with one attached hydrogen (secondary N) is 2. The second-order valence-corrected chi connectivity index (χ2v) is 8.86. The number of aliphatic hydroxyl groups excluding tert-OH is 1.